The van der Waals surface area contributed by atoms with Crippen LogP contribution in [0.15, 0.2) is 35.2 Å². The molecule has 2 aromatic rings. The van der Waals surface area contributed by atoms with Crippen LogP contribution in [0.2, 0.25) is 0 Å². The van der Waals surface area contributed by atoms with Crippen molar-refractivity contribution in [3.63, 3.8) is 0 Å². The van der Waals surface area contributed by atoms with Crippen LogP contribution in [0.25, 0.3) is 0 Å². The number of aryl methyl sites for hydroxylation is 2. The smallest absolute Gasteiger partial charge is 0.242 e. The molecule has 7 heteroatoms. The van der Waals surface area contributed by atoms with Crippen LogP contribution < -0.4 is 10.0 Å². The lowest BCUT2D eigenvalue weighted by molar-refractivity contribution is -0.117. The fourth-order valence-corrected chi connectivity index (χ4v) is 4.66. The monoisotopic (exact) mass is 385 g/mol. The molecule has 0 bridgehead atoms. The predicted molar refractivity (Wildman–Crippen MR) is 105 cm³/mol. The van der Waals surface area contributed by atoms with E-state index in [4.69, 9.17) is 5.26 Å². The zero-order valence-electron chi connectivity index (χ0n) is 16.0. The molecule has 2 aromatic carbocycles. The van der Waals surface area contributed by atoms with Gasteiger partial charge in [-0.2, -0.15) is 9.98 Å². The van der Waals surface area contributed by atoms with E-state index < -0.39 is 22.0 Å². The van der Waals surface area contributed by atoms with Crippen LogP contribution in [-0.4, -0.2) is 20.4 Å². The van der Waals surface area contributed by atoms with E-state index in [0.717, 1.165) is 11.1 Å². The maximum absolute atomic E-state index is 12.9. The lowest BCUT2D eigenvalue weighted by Crippen LogP contribution is -2.42. The van der Waals surface area contributed by atoms with Gasteiger partial charge in [0.25, 0.3) is 0 Å². The average Bonchev–Trinajstić information content (AvgIpc) is 2.59. The zero-order valence-corrected chi connectivity index (χ0v) is 16.9. The largest absolute Gasteiger partial charge is 0.325 e. The third-order valence-corrected chi connectivity index (χ3v) is 6.36. The molecule has 2 N–H and O–H groups in total. The number of sulfonamides is 1. The van der Waals surface area contributed by atoms with Gasteiger partial charge in [0.2, 0.25) is 15.9 Å². The normalized spacial score (nSPS) is 12.3. The molecule has 0 aliphatic rings. The number of nitrogens with one attached hydrogen (secondary N) is 2. The molecule has 6 nitrogen and oxygen atoms in total. The molecular formula is C20H23N3O3S. The summed E-state index contributed by atoms with van der Waals surface area (Å²) in [6.45, 7) is 8.72. The highest BCUT2D eigenvalue weighted by atomic mass is 32.2. The van der Waals surface area contributed by atoms with Gasteiger partial charge in [0, 0.05) is 5.69 Å². The van der Waals surface area contributed by atoms with E-state index in [0.29, 0.717) is 22.4 Å². The Bertz CT molecular complexity index is 1010. The number of carbonyl (C=O) groups excluding carboxylic acids is 1. The summed E-state index contributed by atoms with van der Waals surface area (Å²) < 4.78 is 28.3. The number of hydrogen-bond donors (Lipinski definition) is 2. The van der Waals surface area contributed by atoms with Crippen LogP contribution in [-0.2, 0) is 14.8 Å². The Labute approximate surface area is 160 Å². The number of benzene rings is 2. The lowest BCUT2D eigenvalue weighted by Gasteiger charge is -2.19. The summed E-state index contributed by atoms with van der Waals surface area (Å²) in [7, 11) is -3.88. The topological polar surface area (TPSA) is 99.1 Å². The summed E-state index contributed by atoms with van der Waals surface area (Å²) in [4.78, 5) is 12.6. The Balaban J connectivity index is 2.25. The molecule has 1 atom stereocenters. The van der Waals surface area contributed by atoms with Crippen LogP contribution in [0.4, 0.5) is 5.69 Å². The molecule has 1 amide bonds. The van der Waals surface area contributed by atoms with Gasteiger partial charge >= 0.3 is 0 Å². The molecular weight excluding hydrogens is 362 g/mol. The van der Waals surface area contributed by atoms with Crippen molar-refractivity contribution in [3.05, 3.63) is 58.1 Å². The summed E-state index contributed by atoms with van der Waals surface area (Å²) in [6.07, 6.45) is 0. The molecule has 0 saturated heterocycles. The minimum absolute atomic E-state index is 0.214. The van der Waals surface area contributed by atoms with Crippen molar-refractivity contribution in [2.45, 2.75) is 45.6 Å². The molecule has 0 unspecified atom stereocenters. The summed E-state index contributed by atoms with van der Waals surface area (Å²) in [6, 6.07) is 9.38. The molecule has 0 fully saturated rings. The van der Waals surface area contributed by atoms with Crippen LogP contribution in [0.1, 0.15) is 34.7 Å². The average molecular weight is 385 g/mol. The van der Waals surface area contributed by atoms with Crippen LogP contribution in [0, 0.1) is 39.0 Å². The first-order chi connectivity index (χ1) is 12.6. The fraction of sp³-hybridized carbons (Fsp3) is 0.300. The van der Waals surface area contributed by atoms with E-state index >= 15 is 0 Å². The second kappa shape index (κ2) is 7.91. The first kappa shape index (κ1) is 20.6. The Morgan fingerprint density at radius 2 is 1.67 bits per heavy atom. The molecule has 142 valence electrons. The van der Waals surface area contributed by atoms with Crippen molar-refractivity contribution in [1.82, 2.24) is 4.72 Å². The van der Waals surface area contributed by atoms with E-state index in [1.54, 1.807) is 32.0 Å². The highest BCUT2D eigenvalue weighted by molar-refractivity contribution is 7.89. The number of carbonyl (C=O) groups is 1. The molecule has 0 aromatic heterocycles. The van der Waals surface area contributed by atoms with E-state index in [9.17, 15) is 13.2 Å². The number of hydrogen-bond acceptors (Lipinski definition) is 4. The van der Waals surface area contributed by atoms with Crippen LogP contribution in [0.3, 0.4) is 0 Å². The Hall–Kier alpha value is -2.69. The summed E-state index contributed by atoms with van der Waals surface area (Å²) in [5.41, 5.74) is 3.93. The maximum Gasteiger partial charge on any atom is 0.242 e. The van der Waals surface area contributed by atoms with Crippen LogP contribution in [0.5, 0.6) is 0 Å². The highest BCUT2D eigenvalue weighted by Gasteiger charge is 2.26. The SMILES string of the molecule is Cc1cc(C)c(C)c(S(=O)(=O)N[C@@H](C)C(=O)Nc2cccc(C#N)c2)c1C. The van der Waals surface area contributed by atoms with Gasteiger partial charge < -0.3 is 5.32 Å². The van der Waals surface area contributed by atoms with Crippen molar-refractivity contribution in [3.8, 4) is 6.07 Å². The molecule has 0 aliphatic carbocycles. The molecule has 0 spiro atoms. The van der Waals surface area contributed by atoms with Gasteiger partial charge in [0.05, 0.1) is 22.6 Å². The molecule has 0 saturated carbocycles. The first-order valence-electron chi connectivity index (χ1n) is 8.47. The molecule has 0 heterocycles. The number of rotatable bonds is 5. The third-order valence-electron chi connectivity index (χ3n) is 4.55. The number of nitriles is 1. The van der Waals surface area contributed by atoms with Gasteiger partial charge in [0.15, 0.2) is 0 Å². The van der Waals surface area contributed by atoms with Gasteiger partial charge in [-0.05, 0) is 75.1 Å². The molecule has 0 aliphatic heterocycles. The van der Waals surface area contributed by atoms with E-state index in [1.165, 1.54) is 13.0 Å². The van der Waals surface area contributed by atoms with Gasteiger partial charge in [-0.1, -0.05) is 12.1 Å². The van der Waals surface area contributed by atoms with Gasteiger partial charge in [-0.25, -0.2) is 8.42 Å². The number of nitrogens with zero attached hydrogens (tertiary/aromatic N) is 1. The Morgan fingerprint density at radius 1 is 1.07 bits per heavy atom. The van der Waals surface area contributed by atoms with Gasteiger partial charge in [-0.15, -0.1) is 0 Å². The van der Waals surface area contributed by atoms with E-state index in [-0.39, 0.29) is 4.90 Å². The second-order valence-electron chi connectivity index (χ2n) is 6.61. The fourth-order valence-electron chi connectivity index (χ4n) is 2.85. The van der Waals surface area contributed by atoms with Crippen molar-refractivity contribution in [2.24, 2.45) is 0 Å². The summed E-state index contributed by atoms with van der Waals surface area (Å²) >= 11 is 0. The summed E-state index contributed by atoms with van der Waals surface area (Å²) in [5.74, 6) is -0.506. The second-order valence-corrected chi connectivity index (χ2v) is 8.27. The van der Waals surface area contributed by atoms with Crippen LogP contribution >= 0.6 is 0 Å². The molecule has 0 radical (unpaired) electrons. The van der Waals surface area contributed by atoms with E-state index in [2.05, 4.69) is 10.0 Å². The molecule has 2 rings (SSSR count). The van der Waals surface area contributed by atoms with Gasteiger partial charge in [-0.3, -0.25) is 4.79 Å². The Morgan fingerprint density at radius 3 is 2.22 bits per heavy atom. The predicted octanol–water partition coefficient (Wildman–Crippen LogP) is 3.10. The van der Waals surface area contributed by atoms with Crippen molar-refractivity contribution >= 4 is 21.6 Å². The van der Waals surface area contributed by atoms with E-state index in [1.807, 2.05) is 26.0 Å². The zero-order chi connectivity index (χ0) is 20.4. The quantitative estimate of drug-likeness (QED) is 0.826. The summed E-state index contributed by atoms with van der Waals surface area (Å²) in [5, 5.41) is 11.6. The first-order valence-corrected chi connectivity index (χ1v) is 9.96. The highest BCUT2D eigenvalue weighted by Crippen LogP contribution is 2.26. The van der Waals surface area contributed by atoms with Crippen molar-refractivity contribution < 1.29 is 13.2 Å². The molecule has 27 heavy (non-hydrogen) atoms. The minimum atomic E-state index is -3.88. The number of amides is 1. The standard InChI is InChI=1S/C20H23N3O3S/c1-12-9-13(2)15(4)19(14(12)3)27(25,26)23-16(5)20(24)22-18-8-6-7-17(10-18)11-21/h6-10,16,23H,1-5H3,(H,22,24)/t16-/m0/s1. The van der Waals surface area contributed by atoms with Gasteiger partial charge in [0.1, 0.15) is 0 Å². The van der Waals surface area contributed by atoms with Crippen molar-refractivity contribution in [1.29, 1.82) is 5.26 Å². The number of anilines is 1. The maximum atomic E-state index is 12.9. The Kier molecular flexibility index (Phi) is 6.04. The third kappa shape index (κ3) is 4.54. The minimum Gasteiger partial charge on any atom is -0.325 e. The lowest BCUT2D eigenvalue weighted by atomic mass is 10.0. The van der Waals surface area contributed by atoms with Crippen molar-refractivity contribution in [2.75, 3.05) is 5.32 Å².